The van der Waals surface area contributed by atoms with Crippen molar-refractivity contribution < 1.29 is 13.9 Å². The zero-order valence-electron chi connectivity index (χ0n) is 14.9. The third kappa shape index (κ3) is 6.44. The number of aliphatic imine (C=N–C) groups is 1. The molecule has 0 saturated carbocycles. The number of ether oxygens (including phenoxy) is 1. The van der Waals surface area contributed by atoms with Gasteiger partial charge in [-0.3, -0.25) is 9.79 Å². The summed E-state index contributed by atoms with van der Waals surface area (Å²) in [4.78, 5) is 15.9. The molecule has 1 unspecified atom stereocenters. The number of carbonyl (C=O) groups is 1. The first kappa shape index (κ1) is 19.7. The number of halogens is 1. The standard InChI is InChI=1S/C17H27FN4O2/c1-12(24-14-8-6-13(18)7-9-14)10-21-16(20-5)22-11-17(2,3)15(23)19-4/h6-9,12H,10-11H2,1-5H3,(H,19,23)(H2,20,21,22). The minimum Gasteiger partial charge on any atom is -0.489 e. The number of benzene rings is 1. The monoisotopic (exact) mass is 338 g/mol. The van der Waals surface area contributed by atoms with Gasteiger partial charge in [-0.15, -0.1) is 0 Å². The molecule has 0 aliphatic rings. The molecule has 1 atom stereocenters. The molecule has 24 heavy (non-hydrogen) atoms. The second-order valence-electron chi connectivity index (χ2n) is 6.15. The Morgan fingerprint density at radius 1 is 1.29 bits per heavy atom. The first-order valence-electron chi connectivity index (χ1n) is 7.87. The highest BCUT2D eigenvalue weighted by molar-refractivity contribution is 5.84. The van der Waals surface area contributed by atoms with Gasteiger partial charge >= 0.3 is 0 Å². The van der Waals surface area contributed by atoms with E-state index in [9.17, 15) is 9.18 Å². The smallest absolute Gasteiger partial charge is 0.227 e. The van der Waals surface area contributed by atoms with E-state index in [1.54, 1.807) is 26.2 Å². The van der Waals surface area contributed by atoms with E-state index < -0.39 is 5.41 Å². The van der Waals surface area contributed by atoms with Crippen LogP contribution in [0.15, 0.2) is 29.3 Å². The maximum atomic E-state index is 12.9. The third-order valence-corrected chi connectivity index (χ3v) is 3.47. The molecule has 0 spiro atoms. The van der Waals surface area contributed by atoms with E-state index in [2.05, 4.69) is 20.9 Å². The highest BCUT2D eigenvalue weighted by Crippen LogP contribution is 2.13. The topological polar surface area (TPSA) is 74.8 Å². The number of amides is 1. The summed E-state index contributed by atoms with van der Waals surface area (Å²) in [5, 5.41) is 8.91. The van der Waals surface area contributed by atoms with E-state index in [0.717, 1.165) is 0 Å². The van der Waals surface area contributed by atoms with Crippen molar-refractivity contribution in [3.63, 3.8) is 0 Å². The van der Waals surface area contributed by atoms with Gasteiger partial charge in [0.2, 0.25) is 5.91 Å². The maximum absolute atomic E-state index is 12.9. The van der Waals surface area contributed by atoms with Crippen molar-refractivity contribution >= 4 is 11.9 Å². The van der Waals surface area contributed by atoms with E-state index in [1.165, 1.54) is 12.1 Å². The number of rotatable bonds is 7. The Hall–Kier alpha value is -2.31. The van der Waals surface area contributed by atoms with Crippen molar-refractivity contribution in [1.29, 1.82) is 0 Å². The molecule has 134 valence electrons. The molecule has 0 aromatic heterocycles. The van der Waals surface area contributed by atoms with Gasteiger partial charge < -0.3 is 20.7 Å². The van der Waals surface area contributed by atoms with Gasteiger partial charge in [-0.05, 0) is 45.0 Å². The largest absolute Gasteiger partial charge is 0.489 e. The van der Waals surface area contributed by atoms with Crippen LogP contribution in [0, 0.1) is 11.2 Å². The number of hydrogen-bond donors (Lipinski definition) is 3. The minimum absolute atomic E-state index is 0.0431. The third-order valence-electron chi connectivity index (χ3n) is 3.47. The van der Waals surface area contributed by atoms with Gasteiger partial charge in [0.05, 0.1) is 12.0 Å². The first-order chi connectivity index (χ1) is 11.3. The molecule has 6 nitrogen and oxygen atoms in total. The fraction of sp³-hybridized carbons (Fsp3) is 0.529. The van der Waals surface area contributed by atoms with Crippen molar-refractivity contribution in [3.8, 4) is 5.75 Å². The second kappa shape index (κ2) is 9.10. The quantitative estimate of drug-likeness (QED) is 0.521. The second-order valence-corrected chi connectivity index (χ2v) is 6.15. The summed E-state index contributed by atoms with van der Waals surface area (Å²) < 4.78 is 18.6. The molecule has 1 amide bonds. The van der Waals surface area contributed by atoms with Gasteiger partial charge in [-0.2, -0.15) is 0 Å². The Morgan fingerprint density at radius 3 is 2.46 bits per heavy atom. The van der Waals surface area contributed by atoms with Gasteiger partial charge in [0.1, 0.15) is 17.7 Å². The summed E-state index contributed by atoms with van der Waals surface area (Å²) in [5.41, 5.74) is -0.553. The predicted molar refractivity (Wildman–Crippen MR) is 93.7 cm³/mol. The van der Waals surface area contributed by atoms with Crippen LogP contribution in [0.25, 0.3) is 0 Å². The summed E-state index contributed by atoms with van der Waals surface area (Å²) in [7, 11) is 3.28. The molecule has 3 N–H and O–H groups in total. The van der Waals surface area contributed by atoms with Gasteiger partial charge in [0.15, 0.2) is 5.96 Å². The summed E-state index contributed by atoms with van der Waals surface area (Å²) in [6, 6.07) is 5.89. The molecule has 0 heterocycles. The summed E-state index contributed by atoms with van der Waals surface area (Å²) in [6.45, 7) is 6.56. The molecule has 1 aromatic rings. The molecule has 0 fully saturated rings. The molecule has 7 heteroatoms. The summed E-state index contributed by atoms with van der Waals surface area (Å²) >= 11 is 0. The van der Waals surface area contributed by atoms with Crippen LogP contribution in [0.3, 0.4) is 0 Å². The van der Waals surface area contributed by atoms with Crippen molar-refractivity contribution in [3.05, 3.63) is 30.1 Å². The van der Waals surface area contributed by atoms with Crippen molar-refractivity contribution in [2.24, 2.45) is 10.4 Å². The Labute approximate surface area is 142 Å². The van der Waals surface area contributed by atoms with E-state index in [-0.39, 0.29) is 17.8 Å². The van der Waals surface area contributed by atoms with E-state index in [0.29, 0.717) is 24.8 Å². The van der Waals surface area contributed by atoms with E-state index in [4.69, 9.17) is 4.74 Å². The summed E-state index contributed by atoms with van der Waals surface area (Å²) in [6.07, 6.45) is -0.138. The van der Waals surface area contributed by atoms with E-state index >= 15 is 0 Å². The lowest BCUT2D eigenvalue weighted by molar-refractivity contribution is -0.128. The van der Waals surface area contributed by atoms with Crippen LogP contribution in [0.1, 0.15) is 20.8 Å². The zero-order chi connectivity index (χ0) is 18.2. The first-order valence-corrected chi connectivity index (χ1v) is 7.87. The molecule has 0 radical (unpaired) electrons. The van der Waals surface area contributed by atoms with Crippen molar-refractivity contribution in [1.82, 2.24) is 16.0 Å². The number of guanidine groups is 1. The van der Waals surface area contributed by atoms with Gasteiger partial charge in [0.25, 0.3) is 0 Å². The molecule has 1 aromatic carbocycles. The molecular formula is C17H27FN4O2. The lowest BCUT2D eigenvalue weighted by atomic mass is 9.92. The molecule has 0 aliphatic carbocycles. The average Bonchev–Trinajstić information content (AvgIpc) is 2.56. The molecular weight excluding hydrogens is 311 g/mol. The fourth-order valence-electron chi connectivity index (χ4n) is 1.97. The molecule has 0 saturated heterocycles. The highest BCUT2D eigenvalue weighted by atomic mass is 19.1. The number of hydrogen-bond acceptors (Lipinski definition) is 3. The van der Waals surface area contributed by atoms with Gasteiger partial charge in [-0.1, -0.05) is 0 Å². The molecule has 1 rings (SSSR count). The highest BCUT2D eigenvalue weighted by Gasteiger charge is 2.26. The Bertz CT molecular complexity index is 558. The SMILES string of the molecule is CN=C(NCC(C)Oc1ccc(F)cc1)NCC(C)(C)C(=O)NC. The van der Waals surface area contributed by atoms with Gasteiger partial charge in [-0.25, -0.2) is 4.39 Å². The van der Waals surface area contributed by atoms with Crippen LogP contribution in [-0.2, 0) is 4.79 Å². The summed E-state index contributed by atoms with van der Waals surface area (Å²) in [5.74, 6) is 0.853. The number of nitrogens with zero attached hydrogens (tertiary/aromatic N) is 1. The average molecular weight is 338 g/mol. The Morgan fingerprint density at radius 2 is 1.92 bits per heavy atom. The normalized spacial score (nSPS) is 13.2. The number of carbonyl (C=O) groups excluding carboxylic acids is 1. The zero-order valence-corrected chi connectivity index (χ0v) is 14.9. The Kier molecular flexibility index (Phi) is 7.48. The van der Waals surface area contributed by atoms with E-state index in [1.807, 2.05) is 20.8 Å². The lowest BCUT2D eigenvalue weighted by Crippen LogP contribution is -2.48. The van der Waals surface area contributed by atoms with Crippen LogP contribution in [-0.4, -0.2) is 45.2 Å². The van der Waals surface area contributed by atoms with Crippen LogP contribution in [0.5, 0.6) is 5.75 Å². The Balaban J connectivity index is 2.43. The number of nitrogens with one attached hydrogen (secondary N) is 3. The van der Waals surface area contributed by atoms with Crippen LogP contribution < -0.4 is 20.7 Å². The predicted octanol–water partition coefficient (Wildman–Crippen LogP) is 1.53. The van der Waals surface area contributed by atoms with Crippen LogP contribution >= 0.6 is 0 Å². The van der Waals surface area contributed by atoms with Crippen LogP contribution in [0.2, 0.25) is 0 Å². The van der Waals surface area contributed by atoms with Gasteiger partial charge in [0, 0.05) is 20.6 Å². The fourth-order valence-corrected chi connectivity index (χ4v) is 1.97. The minimum atomic E-state index is -0.553. The molecule has 0 aliphatic heterocycles. The lowest BCUT2D eigenvalue weighted by Gasteiger charge is -2.24. The van der Waals surface area contributed by atoms with Crippen molar-refractivity contribution in [2.45, 2.75) is 26.9 Å². The molecule has 0 bridgehead atoms. The van der Waals surface area contributed by atoms with Crippen LogP contribution in [0.4, 0.5) is 4.39 Å². The maximum Gasteiger partial charge on any atom is 0.227 e. The van der Waals surface area contributed by atoms with Crippen molar-refractivity contribution in [2.75, 3.05) is 27.2 Å².